The highest BCUT2D eigenvalue weighted by Gasteiger charge is 2.38. The first-order chi connectivity index (χ1) is 26.0. The summed E-state index contributed by atoms with van der Waals surface area (Å²) in [5.74, 6) is -1.63. The fourth-order valence-electron chi connectivity index (χ4n) is 5.79. The first kappa shape index (κ1) is 41.6. The monoisotopic (exact) mass is 752 g/mol. The molecule has 0 aliphatic rings. The van der Waals surface area contributed by atoms with E-state index in [1.165, 1.54) is 11.8 Å². The Morgan fingerprint density at radius 3 is 1.61 bits per heavy atom. The van der Waals surface area contributed by atoms with E-state index in [2.05, 4.69) is 21.3 Å². The molecule has 4 unspecified atom stereocenters. The Hall–Kier alpha value is -5.13. The SMILES string of the molecule is CC(C)C(NC(=O)OCc1ccccc1)C(=O)NC(Cc1ccccc1)C(O)C(SCc1ccccc1)C(=O)N[C@@H](C(=O)NCc1ccccc1)C(C)C. The van der Waals surface area contributed by atoms with E-state index < -0.39 is 47.4 Å². The molecule has 10 nitrogen and oxygen atoms in total. The molecule has 0 spiro atoms. The van der Waals surface area contributed by atoms with Crippen LogP contribution in [0.15, 0.2) is 121 Å². The van der Waals surface area contributed by atoms with Crippen molar-refractivity contribution in [1.29, 1.82) is 0 Å². The largest absolute Gasteiger partial charge is 0.445 e. The van der Waals surface area contributed by atoms with Crippen molar-refractivity contribution in [3.8, 4) is 0 Å². The smallest absolute Gasteiger partial charge is 0.408 e. The van der Waals surface area contributed by atoms with Crippen LogP contribution in [0.25, 0.3) is 0 Å². The lowest BCUT2D eigenvalue weighted by molar-refractivity contribution is -0.131. The fraction of sp³-hybridized carbons (Fsp3) is 0.349. The first-order valence-electron chi connectivity index (χ1n) is 18.3. The van der Waals surface area contributed by atoms with Gasteiger partial charge in [0.1, 0.15) is 23.9 Å². The van der Waals surface area contributed by atoms with Gasteiger partial charge in [0.05, 0.1) is 12.1 Å². The lowest BCUT2D eigenvalue weighted by atomic mass is 9.96. The van der Waals surface area contributed by atoms with Crippen molar-refractivity contribution in [2.75, 3.05) is 0 Å². The van der Waals surface area contributed by atoms with Crippen LogP contribution in [0.5, 0.6) is 0 Å². The highest BCUT2D eigenvalue weighted by molar-refractivity contribution is 7.99. The number of thioether (sulfide) groups is 1. The molecule has 54 heavy (non-hydrogen) atoms. The van der Waals surface area contributed by atoms with Crippen LogP contribution in [0.4, 0.5) is 4.79 Å². The van der Waals surface area contributed by atoms with Gasteiger partial charge in [-0.25, -0.2) is 4.79 Å². The number of aliphatic hydroxyl groups excluding tert-OH is 1. The lowest BCUT2D eigenvalue weighted by Gasteiger charge is -2.33. The van der Waals surface area contributed by atoms with Gasteiger partial charge in [0.25, 0.3) is 0 Å². The predicted octanol–water partition coefficient (Wildman–Crippen LogP) is 5.79. The van der Waals surface area contributed by atoms with Gasteiger partial charge in [-0.05, 0) is 40.5 Å². The van der Waals surface area contributed by atoms with Crippen LogP contribution in [-0.4, -0.2) is 58.4 Å². The third kappa shape index (κ3) is 13.4. The van der Waals surface area contributed by atoms with Crippen LogP contribution in [0.2, 0.25) is 0 Å². The number of carbonyl (C=O) groups is 4. The molecule has 0 fully saturated rings. The van der Waals surface area contributed by atoms with Gasteiger partial charge in [-0.1, -0.05) is 149 Å². The highest BCUT2D eigenvalue weighted by atomic mass is 32.2. The van der Waals surface area contributed by atoms with E-state index in [0.717, 1.165) is 22.3 Å². The summed E-state index contributed by atoms with van der Waals surface area (Å²) in [5.41, 5.74) is 3.49. The third-order valence-corrected chi connectivity index (χ3v) is 10.2. The molecule has 0 radical (unpaired) electrons. The average Bonchev–Trinajstić information content (AvgIpc) is 3.18. The van der Waals surface area contributed by atoms with Gasteiger partial charge in [-0.3, -0.25) is 14.4 Å². The second kappa shape index (κ2) is 21.5. The van der Waals surface area contributed by atoms with E-state index >= 15 is 0 Å². The van der Waals surface area contributed by atoms with Crippen molar-refractivity contribution in [2.24, 2.45) is 11.8 Å². The zero-order valence-electron chi connectivity index (χ0n) is 31.3. The summed E-state index contributed by atoms with van der Waals surface area (Å²) in [4.78, 5) is 54.5. The third-order valence-electron chi connectivity index (χ3n) is 8.87. The summed E-state index contributed by atoms with van der Waals surface area (Å²) >= 11 is 1.23. The Morgan fingerprint density at radius 1 is 0.593 bits per heavy atom. The second-order valence-corrected chi connectivity index (χ2v) is 15.0. The molecule has 286 valence electrons. The van der Waals surface area contributed by atoms with E-state index in [1.54, 1.807) is 13.8 Å². The second-order valence-electron chi connectivity index (χ2n) is 13.9. The Labute approximate surface area is 322 Å². The minimum absolute atomic E-state index is 0.0333. The number of alkyl carbamates (subject to hydrolysis) is 1. The number of aliphatic hydroxyl groups is 1. The molecule has 4 aromatic rings. The van der Waals surface area contributed by atoms with Crippen LogP contribution in [-0.2, 0) is 44.4 Å². The van der Waals surface area contributed by atoms with E-state index in [-0.39, 0.29) is 30.8 Å². The number of rotatable bonds is 19. The minimum Gasteiger partial charge on any atom is -0.445 e. The maximum atomic E-state index is 14.3. The van der Waals surface area contributed by atoms with E-state index in [9.17, 15) is 24.3 Å². The van der Waals surface area contributed by atoms with Crippen molar-refractivity contribution in [1.82, 2.24) is 21.3 Å². The molecule has 5 atom stereocenters. The summed E-state index contributed by atoms with van der Waals surface area (Å²) in [6.07, 6.45) is -1.97. The number of nitrogens with one attached hydrogen (secondary N) is 4. The standard InChI is InChI=1S/C43H52N4O6S/c1-29(2)36(40(49)44-26-32-19-11-6-12-20-32)46-42(51)39(54-28-34-23-15-8-16-24-34)38(48)35(25-31-17-9-5-10-18-31)45-41(50)37(30(3)4)47-43(52)53-27-33-21-13-7-14-22-33/h5-24,29-30,35-39,48H,25-28H2,1-4H3,(H,44,49)(H,45,50)(H,46,51)(H,47,52)/t35?,36-,37?,38?,39?/m1/s1. The van der Waals surface area contributed by atoms with Gasteiger partial charge >= 0.3 is 6.09 Å². The maximum absolute atomic E-state index is 14.3. The van der Waals surface area contributed by atoms with Crippen LogP contribution in [0.3, 0.4) is 0 Å². The summed E-state index contributed by atoms with van der Waals surface area (Å²) in [5, 5.41) is 22.6. The van der Waals surface area contributed by atoms with Gasteiger partial charge in [-0.2, -0.15) is 0 Å². The molecular weight excluding hydrogens is 701 g/mol. The number of benzene rings is 4. The molecule has 0 aliphatic carbocycles. The quantitative estimate of drug-likeness (QED) is 0.0816. The minimum atomic E-state index is -1.40. The number of hydrogen-bond acceptors (Lipinski definition) is 7. The van der Waals surface area contributed by atoms with Gasteiger partial charge in [-0.15, -0.1) is 11.8 Å². The fourth-order valence-corrected chi connectivity index (χ4v) is 6.96. The number of ether oxygens (including phenoxy) is 1. The lowest BCUT2D eigenvalue weighted by Crippen LogP contribution is -2.59. The van der Waals surface area contributed by atoms with Crippen molar-refractivity contribution in [2.45, 2.75) is 82.5 Å². The molecule has 0 saturated carbocycles. The number of amides is 4. The highest BCUT2D eigenvalue weighted by Crippen LogP contribution is 2.25. The molecule has 11 heteroatoms. The van der Waals surface area contributed by atoms with Crippen LogP contribution in [0.1, 0.15) is 49.9 Å². The molecule has 4 aromatic carbocycles. The topological polar surface area (TPSA) is 146 Å². The predicted molar refractivity (Wildman–Crippen MR) is 213 cm³/mol. The van der Waals surface area contributed by atoms with E-state index in [0.29, 0.717) is 12.3 Å². The molecule has 4 amide bonds. The van der Waals surface area contributed by atoms with E-state index in [1.807, 2.05) is 135 Å². The van der Waals surface area contributed by atoms with E-state index in [4.69, 9.17) is 4.74 Å². The number of hydrogen-bond donors (Lipinski definition) is 5. The summed E-state index contributed by atoms with van der Waals surface area (Å²) < 4.78 is 5.40. The van der Waals surface area contributed by atoms with Gasteiger partial charge in [0, 0.05) is 12.3 Å². The zero-order chi connectivity index (χ0) is 38.9. The molecule has 5 N–H and O–H groups in total. The molecule has 0 saturated heterocycles. The van der Waals surface area contributed by atoms with Crippen molar-refractivity contribution in [3.63, 3.8) is 0 Å². The molecular formula is C43H52N4O6S. The molecule has 4 rings (SSSR count). The molecule has 0 heterocycles. The van der Waals surface area contributed by atoms with Crippen LogP contribution in [0, 0.1) is 11.8 Å². The van der Waals surface area contributed by atoms with Crippen molar-refractivity contribution in [3.05, 3.63) is 144 Å². The normalized spacial score (nSPS) is 13.9. The van der Waals surface area contributed by atoms with Crippen LogP contribution >= 0.6 is 11.8 Å². The summed E-state index contributed by atoms with van der Waals surface area (Å²) in [6, 6.07) is 34.8. The maximum Gasteiger partial charge on any atom is 0.408 e. The van der Waals surface area contributed by atoms with Crippen LogP contribution < -0.4 is 21.3 Å². The Bertz CT molecular complexity index is 1750. The Kier molecular flexibility index (Phi) is 16.6. The molecule has 0 aliphatic heterocycles. The Balaban J connectivity index is 1.56. The van der Waals surface area contributed by atoms with Gasteiger partial charge < -0.3 is 31.1 Å². The zero-order valence-corrected chi connectivity index (χ0v) is 32.1. The first-order valence-corrected chi connectivity index (χ1v) is 19.3. The molecule has 0 aromatic heterocycles. The van der Waals surface area contributed by atoms with Gasteiger partial charge in [0.15, 0.2) is 0 Å². The number of carbonyl (C=O) groups excluding carboxylic acids is 4. The summed E-state index contributed by atoms with van der Waals surface area (Å²) in [7, 11) is 0. The Morgan fingerprint density at radius 2 is 1.07 bits per heavy atom. The summed E-state index contributed by atoms with van der Waals surface area (Å²) in [6.45, 7) is 7.61. The van der Waals surface area contributed by atoms with Gasteiger partial charge in [0.2, 0.25) is 17.7 Å². The van der Waals surface area contributed by atoms with Crippen molar-refractivity contribution >= 4 is 35.6 Å². The molecule has 0 bridgehead atoms. The van der Waals surface area contributed by atoms with Crippen molar-refractivity contribution < 1.29 is 29.0 Å². The average molecular weight is 753 g/mol.